The molecule has 0 radical (unpaired) electrons. The van der Waals surface area contributed by atoms with Gasteiger partial charge in [0.05, 0.1) is 30.5 Å². The Morgan fingerprint density at radius 1 is 0.333 bits per heavy atom. The molecule has 19 fully saturated rings. The SMILES string of the molecule is CCC.CCC.CCC.CCC(=O)[C@@]1(O)CC[C@H]2[C@@H]3C[C@H](C)C4=CCC=C[C@]4(C)[C@H]3[C@@H](O)C[C@@]21C.C[C@H]1C[C@@H]2[C@H]([C@@H](O)C[C@@]3(C)[C@H]2CC[C@@]32OCOC23COCO3)[C@@]2(C)C=CC(=O)C=C12.C[C@H]1C[C@@H]2[C@H]([C@@H](O)C[C@@]3(C)[C@H]2CC[C@@]32OCOC23COCO3)[C@@]2(C)C=CCC=C12.C[C@H]1C[C@@H]2[C@H]([C@@H](O)C[C@@]3(C)[C@H]2CC[C@]3(O)C(=O)CO)[C@@]2(C)C=CC(=O)C=C12.C[C@H]1C[C@@H]2[C@H]([C@@H](O)C[C@@]3(C)[C@H]2CC[C@]3(O)C(=O)CO)[C@@]2(C)C=CCC=C12. The molecule has 10 N–H and O–H groups in total. The summed E-state index contributed by atoms with van der Waals surface area (Å²) in [7, 11) is 0. The predicted molar refractivity (Wildman–Crippen MR) is 563 cm³/mol. The van der Waals surface area contributed by atoms with Gasteiger partial charge in [0.1, 0.15) is 54.4 Å². The summed E-state index contributed by atoms with van der Waals surface area (Å²) in [5.74, 6) is 3.20. The Morgan fingerprint density at radius 3 is 0.844 bits per heavy atom. The van der Waals surface area contributed by atoms with Gasteiger partial charge in [0.15, 0.2) is 56.1 Å². The van der Waals surface area contributed by atoms with Gasteiger partial charge in [-0.05, 0) is 261 Å². The Bertz CT molecular complexity index is 5100. The highest BCUT2D eigenvalue weighted by Gasteiger charge is 2.81. The van der Waals surface area contributed by atoms with Gasteiger partial charge in [-0.25, -0.2) is 0 Å². The fourth-order valence-corrected chi connectivity index (χ4v) is 40.2. The molecule has 0 aromatic heterocycles. The van der Waals surface area contributed by atoms with Crippen molar-refractivity contribution in [1.29, 1.82) is 0 Å². The summed E-state index contributed by atoms with van der Waals surface area (Å²) in [6, 6.07) is 0. The summed E-state index contributed by atoms with van der Waals surface area (Å²) in [5.41, 5.74) is -1.96. The van der Waals surface area contributed by atoms with Crippen molar-refractivity contribution in [3.63, 3.8) is 0 Å². The third kappa shape index (κ3) is 16.6. The smallest absolute Gasteiger partial charge is 0.226 e. The van der Waals surface area contributed by atoms with Crippen molar-refractivity contribution in [1.82, 2.24) is 0 Å². The lowest BCUT2D eigenvalue weighted by atomic mass is 9.44. The molecule has 20 aliphatic carbocycles. The molecule has 0 aromatic rings. The number of Topliss-reactive ketones (excluding diaryl/α,β-unsaturated/α-hetero) is 3. The van der Waals surface area contributed by atoms with Crippen LogP contribution >= 0.6 is 0 Å². The van der Waals surface area contributed by atoms with E-state index < -0.39 is 105 Å². The second-order valence-electron chi connectivity index (χ2n) is 53.1. The van der Waals surface area contributed by atoms with Crippen LogP contribution in [0.5, 0.6) is 0 Å². The highest BCUT2D eigenvalue weighted by Crippen LogP contribution is 2.78. The molecular weight excluding hydrogens is 1860 g/mol. The van der Waals surface area contributed by atoms with Crippen LogP contribution < -0.4 is 0 Å². The summed E-state index contributed by atoms with van der Waals surface area (Å²) in [5, 5.41) is 110. The summed E-state index contributed by atoms with van der Waals surface area (Å²) < 4.78 is 48.3. The van der Waals surface area contributed by atoms with Crippen molar-refractivity contribution in [2.45, 2.75) is 396 Å². The lowest BCUT2D eigenvalue weighted by Crippen LogP contribution is -2.66. The number of allylic oxidation sites excluding steroid dienone is 20. The quantitative estimate of drug-likeness (QED) is 0.110. The zero-order valence-electron chi connectivity index (χ0n) is 93.1. The number of fused-ring (bicyclic) bond motifs is 29. The van der Waals surface area contributed by atoms with Crippen molar-refractivity contribution in [2.75, 3.05) is 53.6 Å². The van der Waals surface area contributed by atoms with Crippen molar-refractivity contribution < 1.29 is 113 Å². The third-order valence-electron chi connectivity index (χ3n) is 45.7. The molecule has 0 amide bonds. The molecule has 23 heteroatoms. The van der Waals surface area contributed by atoms with E-state index in [4.69, 9.17) is 37.9 Å². The second kappa shape index (κ2) is 40.9. The molecule has 4 saturated heterocycles. The van der Waals surface area contributed by atoms with Crippen LogP contribution in [0, 0.1) is 173 Å². The molecule has 4 spiro atoms. The summed E-state index contributed by atoms with van der Waals surface area (Å²) >= 11 is 0. The van der Waals surface area contributed by atoms with Crippen LogP contribution in [0.25, 0.3) is 0 Å². The van der Waals surface area contributed by atoms with Crippen LogP contribution in [0.2, 0.25) is 0 Å². The van der Waals surface area contributed by atoms with E-state index in [1.54, 1.807) is 23.8 Å². The van der Waals surface area contributed by atoms with Gasteiger partial charge in [-0.3, -0.25) is 24.0 Å². The minimum Gasteiger partial charge on any atom is -0.393 e. The Labute approximate surface area is 877 Å². The first-order chi connectivity index (χ1) is 69.3. The standard InChI is InChI=1S/C24H32O6.C24H34O5.C23H34O3.C22H30O5.C22H32O4.3C3H8/c1-14-8-16-17-5-7-23(24(30-13-28-23)11-27-12-29-24)22(17,3)10-19(26)20(16)21(2)6-4-15(25)9-18(14)21;1-15-10-16-18-7-9-23(24(29-14-27-23)12-26-13-28-24)22(18,3)11-19(25)20(16)21(2)8-5-4-6-17(15)21;1-5-19(25)23(26)11-9-17-15-12-14(2)16-8-6-7-10-21(16,3)20(15)18(24)13-22(17,23)4;1-12-8-14-15-5-7-22(27,18(26)11-23)21(15,3)10-17(25)19(14)20(2)6-4-13(24)9-16(12)20;1-13-10-14-16-7-9-22(26,18(25)12-23)21(16,3)11-17(24)19(14)20(2)8-5-4-6-15(13)20;3*1-3-2/h4,6,9,14,16-17,19-20,26H,5,7-8,10-13H2,1-3H3;5-6,8,15-16,18-20,25H,4,7,9-14H2,1-3H3;7-8,10,14-15,17-18,20,24,26H,5-6,9,11-13H2,1-4H3;4,6,9,12,14-15,17,19,23,25,27H,5,7-8,10-11H2,1-3H3;5-6,8,13-14,16-17,19,23-24,26H,4,7,9-12H2,1-3H3;3*3H2,1-2H3/t14-,16-,17-,19-,20+,21-,22-,23+,24?;15-,16-,18-,19-,20+,21-,22-,23+,24?;14-,15-,17-,18-,20+,21-,22-,23-;12-,14-,15-,17-,19+,20-,21-,22-;13-,14-,16-,17-,19+,20-,21-,22-;;;/m00000.../s1. The number of hydrogen-bond acceptors (Lipinski definition) is 23. The number of carbonyl (C=O) groups is 5. The fraction of sp³-hybridized carbons (Fsp3) is 0.798. The van der Waals surface area contributed by atoms with Gasteiger partial charge in [0, 0.05) is 90.2 Å². The average Bonchev–Trinajstić information content (AvgIpc) is 1.51. The van der Waals surface area contributed by atoms with E-state index in [0.29, 0.717) is 124 Å². The van der Waals surface area contributed by atoms with Crippen LogP contribution in [0.1, 0.15) is 326 Å². The van der Waals surface area contributed by atoms with E-state index >= 15 is 0 Å². The average molecular weight is 2040 g/mol. The zero-order chi connectivity index (χ0) is 107. The van der Waals surface area contributed by atoms with Gasteiger partial charge in [-0.2, -0.15) is 0 Å². The fourth-order valence-electron chi connectivity index (χ4n) is 40.2. The molecule has 23 nitrogen and oxygen atoms in total. The minimum absolute atomic E-state index is 0.00620. The van der Waals surface area contributed by atoms with E-state index in [-0.39, 0.29) is 148 Å². The Kier molecular flexibility index (Phi) is 31.5. The van der Waals surface area contributed by atoms with Gasteiger partial charge >= 0.3 is 0 Å². The van der Waals surface area contributed by atoms with Gasteiger partial charge < -0.3 is 89.0 Å². The number of carbonyl (C=O) groups excluding carboxylic acids is 5. The maximum atomic E-state index is 12.7. The van der Waals surface area contributed by atoms with Crippen LogP contribution in [-0.4, -0.2) is 204 Å². The molecule has 2 unspecified atom stereocenters. The van der Waals surface area contributed by atoms with E-state index in [1.807, 2.05) is 32.9 Å². The molecule has 15 saturated carbocycles. The van der Waals surface area contributed by atoms with Crippen LogP contribution in [0.4, 0.5) is 0 Å². The van der Waals surface area contributed by atoms with E-state index in [1.165, 1.54) is 36.0 Å². The summed E-state index contributed by atoms with van der Waals surface area (Å²) in [6.07, 6.45) is 51.7. The lowest BCUT2D eigenvalue weighted by molar-refractivity contribution is -0.257. The Morgan fingerprint density at radius 2 is 0.578 bits per heavy atom. The van der Waals surface area contributed by atoms with Gasteiger partial charge in [0.2, 0.25) is 11.6 Å². The molecule has 24 rings (SSSR count). The van der Waals surface area contributed by atoms with Gasteiger partial charge in [-0.1, -0.05) is 266 Å². The molecule has 147 heavy (non-hydrogen) atoms. The first kappa shape index (κ1) is 113. The van der Waals surface area contributed by atoms with Crippen LogP contribution in [0.15, 0.2) is 119 Å². The predicted octanol–water partition coefficient (Wildman–Crippen LogP) is 19.4. The first-order valence-corrected chi connectivity index (χ1v) is 57.8. The number of hydrogen-bond donors (Lipinski definition) is 10. The Balaban J connectivity index is 0.000000123. The molecule has 0 bridgehead atoms. The van der Waals surface area contributed by atoms with Crippen LogP contribution in [-0.2, 0) is 61.9 Å². The molecule has 4 heterocycles. The minimum atomic E-state index is -1.57. The van der Waals surface area contributed by atoms with E-state index in [0.717, 1.165) is 108 Å². The van der Waals surface area contributed by atoms with Crippen molar-refractivity contribution in [3.8, 4) is 0 Å². The monoisotopic (exact) mass is 2040 g/mol. The van der Waals surface area contributed by atoms with E-state index in [9.17, 15) is 75.0 Å². The van der Waals surface area contributed by atoms with Crippen molar-refractivity contribution >= 4 is 28.9 Å². The number of aliphatic hydroxyl groups is 10. The third-order valence-corrected chi connectivity index (χ3v) is 45.7. The molecule has 42 atom stereocenters. The second-order valence-corrected chi connectivity index (χ2v) is 53.1. The number of ketones is 5. The lowest BCUT2D eigenvalue weighted by Gasteiger charge is -2.62. The van der Waals surface area contributed by atoms with Crippen LogP contribution in [0.3, 0.4) is 0 Å². The highest BCUT2D eigenvalue weighted by atomic mass is 16.9. The highest BCUT2D eigenvalue weighted by molar-refractivity contribution is 6.02. The maximum absolute atomic E-state index is 12.7. The zero-order valence-corrected chi connectivity index (χ0v) is 93.1. The van der Waals surface area contributed by atoms with Crippen molar-refractivity contribution in [2.24, 2.45) is 173 Å². The largest absolute Gasteiger partial charge is 0.393 e. The summed E-state index contributed by atoms with van der Waals surface area (Å²) in [4.78, 5) is 61.6. The van der Waals surface area contributed by atoms with Gasteiger partial charge in [0.25, 0.3) is 0 Å². The number of ether oxygens (including phenoxy) is 8. The maximum Gasteiger partial charge on any atom is 0.226 e. The van der Waals surface area contributed by atoms with Gasteiger partial charge in [-0.15, -0.1) is 0 Å². The molecule has 820 valence electrons. The topological polar surface area (TPSA) is 361 Å². The normalized spacial score (nSPS) is 51.5. The molecular formula is C124H186O23. The molecule has 0 aromatic carbocycles. The number of aliphatic hydroxyl groups excluding tert-OH is 7. The van der Waals surface area contributed by atoms with Crippen molar-refractivity contribution in [3.05, 3.63) is 119 Å². The molecule has 4 aliphatic heterocycles. The first-order valence-electron chi connectivity index (χ1n) is 57.8. The Hall–Kier alpha value is -4.97. The number of rotatable bonds is 6. The summed E-state index contributed by atoms with van der Waals surface area (Å²) in [6.45, 7) is 48.2. The molecule has 24 aliphatic rings. The van der Waals surface area contributed by atoms with E-state index in [2.05, 4.69) is 192 Å².